The van der Waals surface area contributed by atoms with Crippen LogP contribution >= 0.6 is 27.5 Å². The first-order valence-corrected chi connectivity index (χ1v) is 5.74. The summed E-state index contributed by atoms with van der Waals surface area (Å²) in [4.78, 5) is 5.41. The lowest BCUT2D eigenvalue weighted by Gasteiger charge is -2.14. The van der Waals surface area contributed by atoms with Crippen molar-refractivity contribution < 1.29 is 4.84 Å². The predicted octanol–water partition coefficient (Wildman–Crippen LogP) is 3.24. The minimum atomic E-state index is 0.770. The van der Waals surface area contributed by atoms with E-state index in [0.717, 1.165) is 41.2 Å². The first kappa shape index (κ1) is 10.4. The van der Waals surface area contributed by atoms with E-state index in [0.29, 0.717) is 0 Å². The van der Waals surface area contributed by atoms with Gasteiger partial charge in [-0.25, -0.2) is 0 Å². The minimum absolute atomic E-state index is 0.770. The molecule has 0 atom stereocenters. The van der Waals surface area contributed by atoms with Crippen LogP contribution in [0.4, 0.5) is 0 Å². The fourth-order valence-corrected chi connectivity index (χ4v) is 2.20. The van der Waals surface area contributed by atoms with E-state index in [9.17, 15) is 0 Å². The van der Waals surface area contributed by atoms with Gasteiger partial charge in [-0.15, -0.1) is 0 Å². The number of benzene rings is 1. The van der Waals surface area contributed by atoms with E-state index in [4.69, 9.17) is 16.4 Å². The summed E-state index contributed by atoms with van der Waals surface area (Å²) in [6.45, 7) is 2.59. The van der Waals surface area contributed by atoms with Gasteiger partial charge in [0.1, 0.15) is 0 Å². The molecule has 0 saturated carbocycles. The molecule has 0 N–H and O–H groups in total. The zero-order valence-electron chi connectivity index (χ0n) is 7.67. The molecule has 0 radical (unpaired) electrons. The third-order valence-corrected chi connectivity index (χ3v) is 3.03. The van der Waals surface area contributed by atoms with E-state index in [2.05, 4.69) is 15.9 Å². The smallest absolute Gasteiger partial charge is 0.0698 e. The second-order valence-corrected chi connectivity index (χ2v) is 4.61. The van der Waals surface area contributed by atoms with Crippen LogP contribution in [0.3, 0.4) is 0 Å². The van der Waals surface area contributed by atoms with E-state index in [1.165, 1.54) is 0 Å². The summed E-state index contributed by atoms with van der Waals surface area (Å²) in [6, 6.07) is 5.93. The molecule has 0 aliphatic carbocycles. The summed E-state index contributed by atoms with van der Waals surface area (Å²) in [5, 5.41) is 2.74. The zero-order valence-corrected chi connectivity index (χ0v) is 10.0. The van der Waals surface area contributed by atoms with Crippen LogP contribution in [0.5, 0.6) is 0 Å². The monoisotopic (exact) mass is 275 g/mol. The minimum Gasteiger partial charge on any atom is -0.299 e. The van der Waals surface area contributed by atoms with Crippen LogP contribution in [0.1, 0.15) is 12.0 Å². The highest BCUT2D eigenvalue weighted by atomic mass is 79.9. The van der Waals surface area contributed by atoms with E-state index < -0.39 is 0 Å². The van der Waals surface area contributed by atoms with Gasteiger partial charge in [-0.05, 0) is 24.1 Å². The Morgan fingerprint density at radius 3 is 3.00 bits per heavy atom. The molecule has 1 saturated heterocycles. The molecule has 14 heavy (non-hydrogen) atoms. The lowest BCUT2D eigenvalue weighted by atomic mass is 10.2. The molecule has 1 aliphatic rings. The zero-order chi connectivity index (χ0) is 9.97. The van der Waals surface area contributed by atoms with Gasteiger partial charge in [0.25, 0.3) is 0 Å². The molecule has 4 heteroatoms. The highest BCUT2D eigenvalue weighted by Crippen LogP contribution is 2.23. The van der Waals surface area contributed by atoms with Gasteiger partial charge in [0.15, 0.2) is 0 Å². The normalized spacial score (nSPS) is 17.6. The molecular weight excluding hydrogens is 265 g/mol. The number of hydrogen-bond acceptors (Lipinski definition) is 2. The first-order valence-electron chi connectivity index (χ1n) is 4.57. The van der Waals surface area contributed by atoms with Crippen LogP contribution in [0, 0.1) is 0 Å². The van der Waals surface area contributed by atoms with Gasteiger partial charge in [-0.1, -0.05) is 33.6 Å². The van der Waals surface area contributed by atoms with Gasteiger partial charge in [0.05, 0.1) is 13.2 Å². The third kappa shape index (κ3) is 2.48. The Hall–Kier alpha value is -0.0900. The van der Waals surface area contributed by atoms with Crippen molar-refractivity contribution in [1.82, 2.24) is 5.06 Å². The average molecular weight is 277 g/mol. The number of hydroxylamine groups is 2. The van der Waals surface area contributed by atoms with Crippen molar-refractivity contribution >= 4 is 27.5 Å². The maximum atomic E-state index is 6.10. The molecular formula is C10H11BrClNO. The summed E-state index contributed by atoms with van der Waals surface area (Å²) in [7, 11) is 0. The fraction of sp³-hybridized carbons (Fsp3) is 0.400. The second kappa shape index (κ2) is 4.62. The predicted molar refractivity (Wildman–Crippen MR) is 60.1 cm³/mol. The van der Waals surface area contributed by atoms with Gasteiger partial charge in [-0.2, -0.15) is 5.06 Å². The topological polar surface area (TPSA) is 12.5 Å². The number of rotatable bonds is 2. The van der Waals surface area contributed by atoms with Crippen molar-refractivity contribution in [1.29, 1.82) is 0 Å². The van der Waals surface area contributed by atoms with E-state index in [-0.39, 0.29) is 0 Å². The Bertz CT molecular complexity index is 326. The Morgan fingerprint density at radius 2 is 2.36 bits per heavy atom. The van der Waals surface area contributed by atoms with Crippen molar-refractivity contribution in [3.05, 3.63) is 33.3 Å². The maximum Gasteiger partial charge on any atom is 0.0698 e. The summed E-state index contributed by atoms with van der Waals surface area (Å²) in [5.41, 5.74) is 1.11. The SMILES string of the molecule is Clc1cc(Br)ccc1CN1CCCO1. The number of halogens is 2. The van der Waals surface area contributed by atoms with Crippen LogP contribution in [0.2, 0.25) is 5.02 Å². The van der Waals surface area contributed by atoms with E-state index >= 15 is 0 Å². The van der Waals surface area contributed by atoms with Gasteiger partial charge < -0.3 is 0 Å². The lowest BCUT2D eigenvalue weighted by molar-refractivity contribution is -0.117. The molecule has 1 aromatic rings. The molecule has 0 unspecified atom stereocenters. The van der Waals surface area contributed by atoms with Crippen LogP contribution in [0.25, 0.3) is 0 Å². The molecule has 76 valence electrons. The summed E-state index contributed by atoms with van der Waals surface area (Å²) >= 11 is 9.48. The van der Waals surface area contributed by atoms with Crippen LogP contribution in [0.15, 0.2) is 22.7 Å². The van der Waals surface area contributed by atoms with Crippen LogP contribution < -0.4 is 0 Å². The summed E-state index contributed by atoms with van der Waals surface area (Å²) in [5.74, 6) is 0. The van der Waals surface area contributed by atoms with Crippen molar-refractivity contribution in [3.63, 3.8) is 0 Å². The standard InChI is InChI=1S/C10H11BrClNO/c11-9-3-2-8(10(12)6-9)7-13-4-1-5-14-13/h2-3,6H,1,4-5,7H2. The quantitative estimate of drug-likeness (QED) is 0.822. The number of hydrogen-bond donors (Lipinski definition) is 0. The summed E-state index contributed by atoms with van der Waals surface area (Å²) in [6.07, 6.45) is 1.11. The Balaban J connectivity index is 2.08. The van der Waals surface area contributed by atoms with Crippen molar-refractivity contribution in [2.45, 2.75) is 13.0 Å². The molecule has 1 heterocycles. The van der Waals surface area contributed by atoms with Crippen molar-refractivity contribution in [3.8, 4) is 0 Å². The third-order valence-electron chi connectivity index (χ3n) is 2.19. The molecule has 2 rings (SSSR count). The van der Waals surface area contributed by atoms with Crippen molar-refractivity contribution in [2.24, 2.45) is 0 Å². The maximum absolute atomic E-state index is 6.10. The van der Waals surface area contributed by atoms with Crippen molar-refractivity contribution in [2.75, 3.05) is 13.2 Å². The highest BCUT2D eigenvalue weighted by Gasteiger charge is 2.14. The highest BCUT2D eigenvalue weighted by molar-refractivity contribution is 9.10. The van der Waals surface area contributed by atoms with Gasteiger partial charge >= 0.3 is 0 Å². The fourth-order valence-electron chi connectivity index (χ4n) is 1.46. The van der Waals surface area contributed by atoms with Gasteiger partial charge in [0, 0.05) is 16.0 Å². The molecule has 1 fully saturated rings. The second-order valence-electron chi connectivity index (χ2n) is 3.29. The molecule has 0 bridgehead atoms. The number of nitrogens with zero attached hydrogens (tertiary/aromatic N) is 1. The Labute approximate surface area is 96.9 Å². The molecule has 2 nitrogen and oxygen atoms in total. The Kier molecular flexibility index (Phi) is 3.44. The van der Waals surface area contributed by atoms with Gasteiger partial charge in [0.2, 0.25) is 0 Å². The van der Waals surface area contributed by atoms with Crippen LogP contribution in [-0.4, -0.2) is 18.2 Å². The molecule has 0 aromatic heterocycles. The molecule has 0 spiro atoms. The van der Waals surface area contributed by atoms with E-state index in [1.54, 1.807) is 0 Å². The average Bonchev–Trinajstić information content (AvgIpc) is 2.62. The summed E-state index contributed by atoms with van der Waals surface area (Å²) < 4.78 is 1.01. The van der Waals surface area contributed by atoms with E-state index in [1.807, 2.05) is 23.3 Å². The van der Waals surface area contributed by atoms with Gasteiger partial charge in [-0.3, -0.25) is 4.84 Å². The molecule has 0 amide bonds. The molecule has 1 aliphatic heterocycles. The molecule has 1 aromatic carbocycles. The lowest BCUT2D eigenvalue weighted by Crippen LogP contribution is -2.17. The Morgan fingerprint density at radius 1 is 1.50 bits per heavy atom. The largest absolute Gasteiger partial charge is 0.299 e. The first-order chi connectivity index (χ1) is 6.75. The van der Waals surface area contributed by atoms with Crippen LogP contribution in [-0.2, 0) is 11.4 Å².